The summed E-state index contributed by atoms with van der Waals surface area (Å²) < 4.78 is 18.5. The van der Waals surface area contributed by atoms with Crippen LogP contribution in [0, 0.1) is 5.92 Å². The average Bonchev–Trinajstić information content (AvgIpc) is 3.36. The number of ether oxygens (including phenoxy) is 1. The molecule has 0 radical (unpaired) electrons. The van der Waals surface area contributed by atoms with Crippen LogP contribution < -0.4 is 5.32 Å². The van der Waals surface area contributed by atoms with Crippen molar-refractivity contribution in [1.29, 1.82) is 0 Å². The Labute approximate surface area is 217 Å². The summed E-state index contributed by atoms with van der Waals surface area (Å²) in [7, 11) is 0. The van der Waals surface area contributed by atoms with Crippen LogP contribution in [0.5, 0.6) is 0 Å². The van der Waals surface area contributed by atoms with Gasteiger partial charge in [0.2, 0.25) is 5.60 Å². The van der Waals surface area contributed by atoms with E-state index in [9.17, 15) is 18.8 Å². The van der Waals surface area contributed by atoms with Gasteiger partial charge in [-0.1, -0.05) is 75.9 Å². The molecule has 1 aromatic heterocycles. The summed E-state index contributed by atoms with van der Waals surface area (Å²) in [5.74, 6) is -2.55. The zero-order valence-corrected chi connectivity index (χ0v) is 21.8. The maximum atomic E-state index is 13.5. The van der Waals surface area contributed by atoms with Crippen LogP contribution in [0.3, 0.4) is 0 Å². The first-order valence-corrected chi connectivity index (χ1v) is 13.0. The van der Waals surface area contributed by atoms with Gasteiger partial charge in [-0.15, -0.1) is 0 Å². The number of carbonyl (C=O) groups excluding carboxylic acids is 3. The minimum absolute atomic E-state index is 0.107. The van der Waals surface area contributed by atoms with Crippen LogP contribution >= 0.6 is 0 Å². The number of esters is 1. The number of Topliss-reactive ketones (excluding diaryl/α,β-unsaturated/α-hetero) is 1. The van der Waals surface area contributed by atoms with Crippen molar-refractivity contribution in [1.82, 2.24) is 10.3 Å². The van der Waals surface area contributed by atoms with Gasteiger partial charge in [-0.25, -0.2) is 4.39 Å². The smallest absolute Gasteiger partial charge is 0.308 e. The highest BCUT2D eigenvalue weighted by Gasteiger charge is 2.51. The molecule has 0 unspecified atom stereocenters. The lowest BCUT2D eigenvalue weighted by atomic mass is 9.83. The molecule has 9 heteroatoms. The number of amides is 1. The highest BCUT2D eigenvalue weighted by Crippen LogP contribution is 2.35. The van der Waals surface area contributed by atoms with Gasteiger partial charge in [-0.05, 0) is 17.9 Å². The van der Waals surface area contributed by atoms with E-state index >= 15 is 0 Å². The Morgan fingerprint density at radius 1 is 1.14 bits per heavy atom. The van der Waals surface area contributed by atoms with E-state index in [-0.39, 0.29) is 18.9 Å². The van der Waals surface area contributed by atoms with Crippen LogP contribution in [0.4, 0.5) is 4.39 Å². The number of hydrogen-bond acceptors (Lipinski definition) is 7. The molecule has 1 amide bonds. The van der Waals surface area contributed by atoms with E-state index in [2.05, 4.69) is 22.4 Å². The molecule has 3 rings (SSSR count). The molecule has 1 aliphatic heterocycles. The molecule has 0 fully saturated rings. The first-order chi connectivity index (χ1) is 17.8. The van der Waals surface area contributed by atoms with Gasteiger partial charge in [0.15, 0.2) is 5.78 Å². The topological polar surface area (TPSA) is 107 Å². The van der Waals surface area contributed by atoms with Crippen molar-refractivity contribution in [2.75, 3.05) is 13.3 Å². The van der Waals surface area contributed by atoms with E-state index in [1.165, 1.54) is 0 Å². The summed E-state index contributed by atoms with van der Waals surface area (Å²) in [6, 6.07) is 8.21. The van der Waals surface area contributed by atoms with Crippen molar-refractivity contribution in [3.8, 4) is 0 Å². The Morgan fingerprint density at radius 3 is 2.62 bits per heavy atom. The van der Waals surface area contributed by atoms with Gasteiger partial charge < -0.3 is 14.9 Å². The number of fused-ring (bicyclic) bond motifs is 1. The normalized spacial score (nSPS) is 17.8. The van der Waals surface area contributed by atoms with Gasteiger partial charge in [0.05, 0.1) is 18.7 Å². The number of benzene rings is 1. The van der Waals surface area contributed by atoms with Crippen molar-refractivity contribution in [3.05, 3.63) is 42.2 Å². The van der Waals surface area contributed by atoms with Gasteiger partial charge in [-0.3, -0.25) is 19.4 Å². The van der Waals surface area contributed by atoms with Gasteiger partial charge in [0.1, 0.15) is 18.4 Å². The predicted molar refractivity (Wildman–Crippen MR) is 139 cm³/mol. The maximum Gasteiger partial charge on any atom is 0.308 e. The van der Waals surface area contributed by atoms with E-state index in [1.807, 2.05) is 30.3 Å². The zero-order chi connectivity index (χ0) is 26.8. The molecule has 0 aliphatic carbocycles. The molecular formula is C28H36FN3O5. The number of aromatic nitrogens is 1. The third-order valence-corrected chi connectivity index (χ3v) is 6.72. The Bertz CT molecular complexity index is 1130. The molecular weight excluding hydrogens is 477 g/mol. The van der Waals surface area contributed by atoms with Crippen molar-refractivity contribution in [2.24, 2.45) is 11.1 Å². The highest BCUT2D eigenvalue weighted by atomic mass is 19.1. The predicted octanol–water partition coefficient (Wildman–Crippen LogP) is 4.68. The standard InChI is InChI=1S/C28H36FN3O5/c1-4-5-6-7-10-15-36-25(34)16-22(24(33)18-29)31-27(35)28(19(2)3)17-23(32-37-28)26-21-12-9-8-11-20(21)13-14-30-26/h8-9,11-14,19,22H,4-7,10,15-18H2,1-3H3,(H,31,35)/t22-,28+/m0/s1. The third kappa shape index (κ3) is 6.90. The number of carbonyl (C=O) groups is 3. The number of ketones is 1. The second-order valence-electron chi connectivity index (χ2n) is 9.70. The lowest BCUT2D eigenvalue weighted by molar-refractivity contribution is -0.153. The highest BCUT2D eigenvalue weighted by molar-refractivity contribution is 6.12. The SMILES string of the molecule is CCCCCCCOC(=O)C[C@H](NC(=O)[C@]1(C(C)C)CC(c2nccc3ccccc23)=NO1)C(=O)CF. The maximum absolute atomic E-state index is 13.5. The summed E-state index contributed by atoms with van der Waals surface area (Å²) in [5.41, 5.74) is -0.338. The summed E-state index contributed by atoms with van der Waals surface area (Å²) in [6.07, 6.45) is 6.27. The molecule has 0 saturated carbocycles. The van der Waals surface area contributed by atoms with Crippen molar-refractivity contribution in [2.45, 2.75) is 77.4 Å². The molecule has 2 heterocycles. The molecule has 1 aliphatic rings. The third-order valence-electron chi connectivity index (χ3n) is 6.72. The second-order valence-corrected chi connectivity index (χ2v) is 9.70. The van der Waals surface area contributed by atoms with Gasteiger partial charge >= 0.3 is 5.97 Å². The summed E-state index contributed by atoms with van der Waals surface area (Å²) in [5, 5.41) is 8.58. The minimum Gasteiger partial charge on any atom is -0.466 e. The number of pyridine rings is 1. The van der Waals surface area contributed by atoms with Gasteiger partial charge in [0, 0.05) is 23.9 Å². The van der Waals surface area contributed by atoms with E-state index in [0.717, 1.165) is 36.5 Å². The molecule has 2 atom stereocenters. The first-order valence-electron chi connectivity index (χ1n) is 13.0. The number of halogens is 1. The fourth-order valence-corrected chi connectivity index (χ4v) is 4.36. The monoisotopic (exact) mass is 513 g/mol. The lowest BCUT2D eigenvalue weighted by Gasteiger charge is -2.30. The van der Waals surface area contributed by atoms with Crippen molar-refractivity contribution in [3.63, 3.8) is 0 Å². The number of unbranched alkanes of at least 4 members (excludes halogenated alkanes) is 4. The Balaban J connectivity index is 1.68. The van der Waals surface area contributed by atoms with E-state index in [1.54, 1.807) is 20.0 Å². The van der Waals surface area contributed by atoms with Gasteiger partial charge in [-0.2, -0.15) is 0 Å². The molecule has 200 valence electrons. The van der Waals surface area contributed by atoms with Crippen molar-refractivity contribution >= 4 is 34.1 Å². The van der Waals surface area contributed by atoms with Crippen LogP contribution in [0.25, 0.3) is 10.8 Å². The van der Waals surface area contributed by atoms with Crippen LogP contribution in [0.15, 0.2) is 41.7 Å². The van der Waals surface area contributed by atoms with Crippen LogP contribution in [-0.4, -0.2) is 53.3 Å². The molecule has 37 heavy (non-hydrogen) atoms. The Morgan fingerprint density at radius 2 is 1.89 bits per heavy atom. The quantitative estimate of drug-likeness (QED) is 0.290. The van der Waals surface area contributed by atoms with E-state index < -0.39 is 42.4 Å². The zero-order valence-electron chi connectivity index (χ0n) is 21.8. The van der Waals surface area contributed by atoms with E-state index in [4.69, 9.17) is 9.57 Å². The molecule has 1 aromatic carbocycles. The fraction of sp³-hybridized carbons (Fsp3) is 0.536. The molecule has 0 bridgehead atoms. The average molecular weight is 514 g/mol. The van der Waals surface area contributed by atoms with Crippen LogP contribution in [0.2, 0.25) is 0 Å². The molecule has 8 nitrogen and oxygen atoms in total. The fourth-order valence-electron chi connectivity index (χ4n) is 4.36. The minimum atomic E-state index is -1.44. The van der Waals surface area contributed by atoms with Gasteiger partial charge in [0.25, 0.3) is 5.91 Å². The Hall–Kier alpha value is -3.36. The second kappa shape index (κ2) is 13.3. The molecule has 0 saturated heterocycles. The van der Waals surface area contributed by atoms with Crippen LogP contribution in [0.1, 0.15) is 71.4 Å². The molecule has 2 aromatic rings. The largest absolute Gasteiger partial charge is 0.466 e. The first kappa shape index (κ1) is 28.2. The summed E-state index contributed by atoms with van der Waals surface area (Å²) in [4.78, 5) is 48.3. The molecule has 1 N–H and O–H groups in total. The van der Waals surface area contributed by atoms with Crippen LogP contribution in [-0.2, 0) is 24.0 Å². The van der Waals surface area contributed by atoms with Crippen molar-refractivity contribution < 1.29 is 28.3 Å². The number of rotatable bonds is 14. The summed E-state index contributed by atoms with van der Waals surface area (Å²) >= 11 is 0. The summed E-state index contributed by atoms with van der Waals surface area (Å²) in [6.45, 7) is 4.62. The van der Waals surface area contributed by atoms with E-state index in [0.29, 0.717) is 17.8 Å². The molecule has 0 spiro atoms. The number of alkyl halides is 1. The lowest BCUT2D eigenvalue weighted by Crippen LogP contribution is -2.55. The Kier molecular flexibility index (Phi) is 10.1. The number of hydrogen-bond donors (Lipinski definition) is 1. The number of nitrogens with zero attached hydrogens (tertiary/aromatic N) is 2. The number of oxime groups is 1. The number of nitrogens with one attached hydrogen (secondary N) is 1.